The van der Waals surface area contributed by atoms with E-state index in [-0.39, 0.29) is 9.92 Å². The Morgan fingerprint density at radius 2 is 1.78 bits per heavy atom. The number of rotatable bonds is 9. The van der Waals surface area contributed by atoms with E-state index in [4.69, 9.17) is 4.74 Å². The minimum atomic E-state index is -0.352. The molecule has 0 spiro atoms. The average molecular weight is 390 g/mol. The molecule has 2 heterocycles. The fourth-order valence-corrected chi connectivity index (χ4v) is 4.00. The van der Waals surface area contributed by atoms with Crippen LogP contribution in [0, 0.1) is 10.1 Å². The summed E-state index contributed by atoms with van der Waals surface area (Å²) in [6.45, 7) is 6.65. The lowest BCUT2D eigenvalue weighted by atomic mass is 10.2. The summed E-state index contributed by atoms with van der Waals surface area (Å²) in [5, 5.41) is 11.0. The molecule has 7 heteroatoms. The molecular formula is C20H27N3O3S. The van der Waals surface area contributed by atoms with Crippen LogP contribution in [-0.4, -0.2) is 61.1 Å². The molecule has 27 heavy (non-hydrogen) atoms. The smallest absolute Gasteiger partial charge is 0.324 e. The Morgan fingerprint density at radius 1 is 1.04 bits per heavy atom. The molecule has 146 valence electrons. The largest absolute Gasteiger partial charge is 0.494 e. The zero-order valence-corrected chi connectivity index (χ0v) is 16.6. The molecule has 6 nitrogen and oxygen atoms in total. The van der Waals surface area contributed by atoms with Crippen molar-refractivity contribution >= 4 is 16.3 Å². The number of nitrogens with zero attached hydrogens (tertiary/aromatic N) is 3. The second kappa shape index (κ2) is 9.82. The molecule has 1 saturated heterocycles. The molecule has 1 aliphatic heterocycles. The van der Waals surface area contributed by atoms with Crippen molar-refractivity contribution in [1.29, 1.82) is 0 Å². The van der Waals surface area contributed by atoms with Crippen LogP contribution in [-0.2, 0) is 0 Å². The fraction of sp³-hybridized carbons (Fsp3) is 0.500. The molecule has 0 amide bonds. The van der Waals surface area contributed by atoms with Crippen LogP contribution in [0.3, 0.4) is 0 Å². The van der Waals surface area contributed by atoms with Crippen LogP contribution < -0.4 is 4.74 Å². The van der Waals surface area contributed by atoms with Gasteiger partial charge in [-0.1, -0.05) is 11.3 Å². The maximum atomic E-state index is 10.8. The van der Waals surface area contributed by atoms with Gasteiger partial charge in [0.1, 0.15) is 5.75 Å². The molecule has 1 aromatic heterocycles. The highest BCUT2D eigenvalue weighted by molar-refractivity contribution is 7.18. The summed E-state index contributed by atoms with van der Waals surface area (Å²) in [5.41, 5.74) is 0.979. The summed E-state index contributed by atoms with van der Waals surface area (Å²) in [6, 6.07) is 11.1. The number of piperazine rings is 1. The molecule has 2 aromatic rings. The van der Waals surface area contributed by atoms with Gasteiger partial charge in [-0.3, -0.25) is 10.1 Å². The molecule has 1 fully saturated rings. The third kappa shape index (κ3) is 6.02. The van der Waals surface area contributed by atoms with Gasteiger partial charge in [-0.2, -0.15) is 0 Å². The Hall–Kier alpha value is -1.96. The highest BCUT2D eigenvalue weighted by atomic mass is 32.1. The summed E-state index contributed by atoms with van der Waals surface area (Å²) < 4.78 is 5.82. The standard InChI is InChI=1S/C20H27N3O3S/c1-21-12-14-22(15-13-21)11-3-2-4-16-26-18-7-5-17(6-8-18)19-9-10-20(27-19)23(24)25/h5-10H,2-4,11-16H2,1H3. The first-order chi connectivity index (χ1) is 13.1. The van der Waals surface area contributed by atoms with Gasteiger partial charge in [0, 0.05) is 37.1 Å². The molecule has 1 aromatic carbocycles. The summed E-state index contributed by atoms with van der Waals surface area (Å²) in [6.07, 6.45) is 3.47. The van der Waals surface area contributed by atoms with E-state index in [0.717, 1.165) is 29.2 Å². The van der Waals surface area contributed by atoms with Gasteiger partial charge in [-0.05, 0) is 68.8 Å². The molecule has 1 aliphatic rings. The minimum absolute atomic E-state index is 0.168. The van der Waals surface area contributed by atoms with E-state index >= 15 is 0 Å². The normalized spacial score (nSPS) is 15.7. The van der Waals surface area contributed by atoms with Crippen molar-refractivity contribution in [2.45, 2.75) is 19.3 Å². The monoisotopic (exact) mass is 389 g/mol. The lowest BCUT2D eigenvalue weighted by Gasteiger charge is -2.32. The Bertz CT molecular complexity index is 724. The first-order valence-electron chi connectivity index (χ1n) is 9.50. The molecule has 0 radical (unpaired) electrons. The van der Waals surface area contributed by atoms with Crippen LogP contribution in [0.4, 0.5) is 5.00 Å². The van der Waals surface area contributed by atoms with Crippen LogP contribution >= 0.6 is 11.3 Å². The molecule has 0 N–H and O–H groups in total. The third-order valence-electron chi connectivity index (χ3n) is 4.89. The second-order valence-electron chi connectivity index (χ2n) is 6.97. The number of benzene rings is 1. The maximum Gasteiger partial charge on any atom is 0.324 e. The van der Waals surface area contributed by atoms with Crippen molar-refractivity contribution in [2.24, 2.45) is 0 Å². The topological polar surface area (TPSA) is 58.8 Å². The zero-order chi connectivity index (χ0) is 19.1. The molecule has 0 atom stereocenters. The number of likely N-dealkylation sites (N-methyl/N-ethyl adjacent to an activating group) is 1. The number of hydrogen-bond acceptors (Lipinski definition) is 6. The highest BCUT2D eigenvalue weighted by Gasteiger charge is 2.13. The molecular weight excluding hydrogens is 362 g/mol. The van der Waals surface area contributed by atoms with Gasteiger partial charge >= 0.3 is 5.00 Å². The van der Waals surface area contributed by atoms with Gasteiger partial charge in [0.05, 0.1) is 11.5 Å². The van der Waals surface area contributed by atoms with Crippen molar-refractivity contribution in [2.75, 3.05) is 46.4 Å². The second-order valence-corrected chi connectivity index (χ2v) is 8.04. The summed E-state index contributed by atoms with van der Waals surface area (Å²) in [7, 11) is 2.19. The fourth-order valence-electron chi connectivity index (χ4n) is 3.17. The van der Waals surface area contributed by atoms with E-state index < -0.39 is 0 Å². The van der Waals surface area contributed by atoms with Crippen LogP contribution in [0.25, 0.3) is 10.4 Å². The van der Waals surface area contributed by atoms with Crippen LogP contribution in [0.2, 0.25) is 0 Å². The van der Waals surface area contributed by atoms with Crippen LogP contribution in [0.1, 0.15) is 19.3 Å². The van der Waals surface area contributed by atoms with Crippen molar-refractivity contribution in [3.05, 3.63) is 46.5 Å². The van der Waals surface area contributed by atoms with E-state index in [2.05, 4.69) is 16.8 Å². The van der Waals surface area contributed by atoms with Crippen LogP contribution in [0.15, 0.2) is 36.4 Å². The van der Waals surface area contributed by atoms with Crippen LogP contribution in [0.5, 0.6) is 5.75 Å². The van der Waals surface area contributed by atoms with Gasteiger partial charge in [0.25, 0.3) is 0 Å². The van der Waals surface area contributed by atoms with Gasteiger partial charge in [0.15, 0.2) is 0 Å². The Labute approximate surface area is 164 Å². The lowest BCUT2D eigenvalue weighted by Crippen LogP contribution is -2.44. The van der Waals surface area contributed by atoms with Crippen molar-refractivity contribution in [1.82, 2.24) is 9.80 Å². The number of hydrogen-bond donors (Lipinski definition) is 0. The van der Waals surface area contributed by atoms with Gasteiger partial charge in [0.2, 0.25) is 0 Å². The maximum absolute atomic E-state index is 10.8. The van der Waals surface area contributed by atoms with E-state index in [1.807, 2.05) is 24.3 Å². The lowest BCUT2D eigenvalue weighted by molar-refractivity contribution is -0.380. The SMILES string of the molecule is CN1CCN(CCCCCOc2ccc(-c3ccc([N+](=O)[O-])s3)cc2)CC1. The number of unbranched alkanes of at least 4 members (excludes halogenated alkanes) is 2. The third-order valence-corrected chi connectivity index (χ3v) is 5.98. The number of ether oxygens (including phenoxy) is 1. The Morgan fingerprint density at radius 3 is 2.44 bits per heavy atom. The predicted molar refractivity (Wildman–Crippen MR) is 110 cm³/mol. The molecule has 0 aliphatic carbocycles. The zero-order valence-electron chi connectivity index (χ0n) is 15.8. The van der Waals surface area contributed by atoms with Crippen molar-refractivity contribution in [3.8, 4) is 16.2 Å². The van der Waals surface area contributed by atoms with Crippen molar-refractivity contribution < 1.29 is 9.66 Å². The molecule has 0 unspecified atom stereocenters. The van der Waals surface area contributed by atoms with E-state index in [1.165, 1.54) is 56.9 Å². The van der Waals surface area contributed by atoms with E-state index in [1.54, 1.807) is 12.1 Å². The summed E-state index contributed by atoms with van der Waals surface area (Å²) in [5.74, 6) is 0.851. The average Bonchev–Trinajstić information content (AvgIpc) is 3.17. The number of thiophene rings is 1. The van der Waals surface area contributed by atoms with E-state index in [9.17, 15) is 10.1 Å². The first kappa shape index (κ1) is 19.8. The predicted octanol–water partition coefficient (Wildman–Crippen LogP) is 4.12. The summed E-state index contributed by atoms with van der Waals surface area (Å²) >= 11 is 1.19. The van der Waals surface area contributed by atoms with E-state index in [0.29, 0.717) is 0 Å². The Balaban J connectivity index is 1.33. The molecule has 0 bridgehead atoms. The Kier molecular flexibility index (Phi) is 7.20. The summed E-state index contributed by atoms with van der Waals surface area (Å²) in [4.78, 5) is 16.3. The highest BCUT2D eigenvalue weighted by Crippen LogP contribution is 2.33. The van der Waals surface area contributed by atoms with Gasteiger partial charge in [-0.25, -0.2) is 0 Å². The van der Waals surface area contributed by atoms with Gasteiger partial charge in [-0.15, -0.1) is 0 Å². The molecule has 3 rings (SSSR count). The first-order valence-corrected chi connectivity index (χ1v) is 10.3. The minimum Gasteiger partial charge on any atom is -0.494 e. The quantitative estimate of drug-likeness (QED) is 0.367. The number of nitro groups is 1. The van der Waals surface area contributed by atoms with Crippen molar-refractivity contribution in [3.63, 3.8) is 0 Å². The van der Waals surface area contributed by atoms with Gasteiger partial charge < -0.3 is 14.5 Å². The molecule has 0 saturated carbocycles.